The van der Waals surface area contributed by atoms with Crippen molar-refractivity contribution in [2.45, 2.75) is 53.2 Å². The number of ether oxygens (including phenoxy) is 1. The molecule has 0 spiro atoms. The Bertz CT molecular complexity index is 897. The molecule has 0 bridgehead atoms. The fourth-order valence-electron chi connectivity index (χ4n) is 3.29. The van der Waals surface area contributed by atoms with Gasteiger partial charge in [-0.15, -0.1) is 0 Å². The zero-order valence-electron chi connectivity index (χ0n) is 16.1. The highest BCUT2D eigenvalue weighted by atomic mass is 16.5. The molecule has 0 amide bonds. The second kappa shape index (κ2) is 7.92. The van der Waals surface area contributed by atoms with Crippen LogP contribution in [-0.2, 0) is 13.2 Å². The Morgan fingerprint density at radius 3 is 2.58 bits per heavy atom. The van der Waals surface area contributed by atoms with Gasteiger partial charge in [0.05, 0.1) is 17.6 Å². The lowest BCUT2D eigenvalue weighted by Gasteiger charge is -2.14. The predicted molar refractivity (Wildman–Crippen MR) is 106 cm³/mol. The maximum atomic E-state index is 9.68. The molecule has 4 nitrogen and oxygen atoms in total. The Hall–Kier alpha value is -2.33. The van der Waals surface area contributed by atoms with Crippen LogP contribution in [0.25, 0.3) is 11.0 Å². The van der Waals surface area contributed by atoms with Crippen LogP contribution in [0, 0.1) is 13.8 Å². The molecule has 0 fully saturated rings. The van der Waals surface area contributed by atoms with Crippen LogP contribution in [-0.4, -0.2) is 21.3 Å². The average Bonchev–Trinajstić information content (AvgIpc) is 2.96. The quantitative estimate of drug-likeness (QED) is 0.625. The lowest BCUT2D eigenvalue weighted by Crippen LogP contribution is -2.09. The van der Waals surface area contributed by atoms with E-state index in [9.17, 15) is 5.11 Å². The van der Waals surface area contributed by atoms with Crippen molar-refractivity contribution in [3.8, 4) is 5.75 Å². The lowest BCUT2D eigenvalue weighted by molar-refractivity contribution is 0.260. The van der Waals surface area contributed by atoms with Gasteiger partial charge in [-0.05, 0) is 61.1 Å². The molecule has 0 atom stereocenters. The second-order valence-corrected chi connectivity index (χ2v) is 7.16. The molecular formula is C22H28N2O2. The second-order valence-electron chi connectivity index (χ2n) is 7.16. The van der Waals surface area contributed by atoms with Crippen LogP contribution >= 0.6 is 0 Å². The van der Waals surface area contributed by atoms with Gasteiger partial charge in [0.1, 0.15) is 18.2 Å². The van der Waals surface area contributed by atoms with Crippen LogP contribution in [0.5, 0.6) is 5.75 Å². The monoisotopic (exact) mass is 352 g/mol. The molecule has 0 radical (unpaired) electrons. The van der Waals surface area contributed by atoms with E-state index in [1.54, 1.807) is 0 Å². The Kier molecular flexibility index (Phi) is 5.62. The summed E-state index contributed by atoms with van der Waals surface area (Å²) < 4.78 is 8.14. The van der Waals surface area contributed by atoms with Crippen molar-refractivity contribution in [3.63, 3.8) is 0 Å². The van der Waals surface area contributed by atoms with Gasteiger partial charge < -0.3 is 14.4 Å². The van der Waals surface area contributed by atoms with Gasteiger partial charge in [0.25, 0.3) is 0 Å². The van der Waals surface area contributed by atoms with E-state index in [1.807, 2.05) is 12.1 Å². The summed E-state index contributed by atoms with van der Waals surface area (Å²) in [5.41, 5.74) is 5.73. The average molecular weight is 352 g/mol. The molecule has 0 saturated heterocycles. The van der Waals surface area contributed by atoms with E-state index in [1.165, 1.54) is 16.7 Å². The number of hydrogen-bond acceptors (Lipinski definition) is 3. The van der Waals surface area contributed by atoms with Gasteiger partial charge in [0.2, 0.25) is 0 Å². The number of nitrogens with zero attached hydrogens (tertiary/aromatic N) is 2. The first-order valence-corrected chi connectivity index (χ1v) is 9.30. The van der Waals surface area contributed by atoms with Gasteiger partial charge >= 0.3 is 0 Å². The third-order valence-electron chi connectivity index (χ3n) is 4.91. The zero-order valence-corrected chi connectivity index (χ0v) is 16.1. The van der Waals surface area contributed by atoms with Gasteiger partial charge in [-0.25, -0.2) is 4.98 Å². The Labute approximate surface area is 155 Å². The van der Waals surface area contributed by atoms with Crippen LogP contribution in [0.1, 0.15) is 48.7 Å². The van der Waals surface area contributed by atoms with E-state index < -0.39 is 0 Å². The van der Waals surface area contributed by atoms with Crippen molar-refractivity contribution in [1.82, 2.24) is 9.55 Å². The molecule has 1 N–H and O–H groups in total. The van der Waals surface area contributed by atoms with E-state index in [4.69, 9.17) is 4.74 Å². The van der Waals surface area contributed by atoms with Crippen molar-refractivity contribution >= 4 is 11.0 Å². The number of rotatable bonds is 7. The predicted octanol–water partition coefficient (Wildman–Crippen LogP) is 4.74. The highest BCUT2D eigenvalue weighted by molar-refractivity contribution is 5.78. The number of benzene rings is 2. The zero-order chi connectivity index (χ0) is 18.7. The maximum Gasteiger partial charge on any atom is 0.135 e. The molecule has 0 saturated carbocycles. The number of para-hydroxylation sites is 1. The Morgan fingerprint density at radius 1 is 1.12 bits per heavy atom. The summed E-state index contributed by atoms with van der Waals surface area (Å²) in [5, 5.41) is 9.68. The van der Waals surface area contributed by atoms with Crippen LogP contribution in [0.4, 0.5) is 0 Å². The van der Waals surface area contributed by atoms with Gasteiger partial charge in [-0.2, -0.15) is 0 Å². The molecule has 26 heavy (non-hydrogen) atoms. The normalized spacial score (nSPS) is 11.5. The highest BCUT2D eigenvalue weighted by Gasteiger charge is 2.12. The molecular weight excluding hydrogens is 324 g/mol. The van der Waals surface area contributed by atoms with E-state index >= 15 is 0 Å². The van der Waals surface area contributed by atoms with Crippen LogP contribution in [0.15, 0.2) is 36.4 Å². The van der Waals surface area contributed by atoms with E-state index in [0.29, 0.717) is 18.3 Å². The fourth-order valence-corrected chi connectivity index (χ4v) is 3.29. The number of aryl methyl sites for hydroxylation is 3. The SMILES string of the molecule is Cc1cc2nc(CO)n(CCCOc3ccccc3C(C)C)c2cc1C. The van der Waals surface area contributed by atoms with Gasteiger partial charge in [-0.1, -0.05) is 32.0 Å². The molecule has 3 aromatic rings. The fraction of sp³-hybridized carbons (Fsp3) is 0.409. The molecule has 0 aliphatic rings. The van der Waals surface area contributed by atoms with E-state index in [2.05, 4.69) is 61.5 Å². The number of fused-ring (bicyclic) bond motifs is 1. The lowest BCUT2D eigenvalue weighted by atomic mass is 10.0. The van der Waals surface area contributed by atoms with Gasteiger partial charge in [-0.3, -0.25) is 0 Å². The molecule has 2 aromatic carbocycles. The minimum Gasteiger partial charge on any atom is -0.493 e. The third-order valence-corrected chi connectivity index (χ3v) is 4.91. The summed E-state index contributed by atoms with van der Waals surface area (Å²) in [6.45, 7) is 9.92. The molecule has 1 heterocycles. The van der Waals surface area contributed by atoms with Gasteiger partial charge in [0, 0.05) is 6.54 Å². The topological polar surface area (TPSA) is 47.3 Å². The largest absolute Gasteiger partial charge is 0.493 e. The highest BCUT2D eigenvalue weighted by Crippen LogP contribution is 2.26. The summed E-state index contributed by atoms with van der Waals surface area (Å²) in [6, 6.07) is 12.5. The molecule has 1 aromatic heterocycles. The summed E-state index contributed by atoms with van der Waals surface area (Å²) in [5.74, 6) is 2.12. The molecule has 4 heteroatoms. The molecule has 3 rings (SSSR count). The third kappa shape index (κ3) is 3.75. The van der Waals surface area contributed by atoms with Gasteiger partial charge in [0.15, 0.2) is 0 Å². The first-order valence-electron chi connectivity index (χ1n) is 9.30. The summed E-state index contributed by atoms with van der Waals surface area (Å²) in [7, 11) is 0. The van der Waals surface area contributed by atoms with Crippen LogP contribution in [0.2, 0.25) is 0 Å². The number of aliphatic hydroxyl groups is 1. The first kappa shape index (κ1) is 18.5. The summed E-state index contributed by atoms with van der Waals surface area (Å²) in [6.07, 6.45) is 0.859. The van der Waals surface area contributed by atoms with Crippen molar-refractivity contribution in [2.24, 2.45) is 0 Å². The van der Waals surface area contributed by atoms with Crippen molar-refractivity contribution < 1.29 is 9.84 Å². The minimum atomic E-state index is -0.0518. The molecule has 138 valence electrons. The van der Waals surface area contributed by atoms with Crippen molar-refractivity contribution in [2.75, 3.05) is 6.61 Å². The Morgan fingerprint density at radius 2 is 1.85 bits per heavy atom. The number of aliphatic hydroxyl groups excluding tert-OH is 1. The van der Waals surface area contributed by atoms with E-state index in [-0.39, 0.29) is 6.61 Å². The maximum absolute atomic E-state index is 9.68. The molecule has 0 aliphatic heterocycles. The first-order chi connectivity index (χ1) is 12.5. The standard InChI is InChI=1S/C22H28N2O2/c1-15(2)18-8-5-6-9-21(18)26-11-7-10-24-20-13-17(4)16(3)12-19(20)23-22(24)14-25/h5-6,8-9,12-13,15,25H,7,10-11,14H2,1-4H3. The molecule has 0 aliphatic carbocycles. The Balaban J connectivity index is 1.71. The number of hydrogen-bond donors (Lipinski definition) is 1. The van der Waals surface area contributed by atoms with Crippen molar-refractivity contribution in [1.29, 1.82) is 0 Å². The molecule has 0 unspecified atom stereocenters. The smallest absolute Gasteiger partial charge is 0.135 e. The number of aromatic nitrogens is 2. The summed E-state index contributed by atoms with van der Waals surface area (Å²) in [4.78, 5) is 4.58. The van der Waals surface area contributed by atoms with E-state index in [0.717, 1.165) is 29.7 Å². The minimum absolute atomic E-state index is 0.0518. The van der Waals surface area contributed by atoms with Crippen LogP contribution in [0.3, 0.4) is 0 Å². The number of imidazole rings is 1. The van der Waals surface area contributed by atoms with Crippen LogP contribution < -0.4 is 4.74 Å². The summed E-state index contributed by atoms with van der Waals surface area (Å²) >= 11 is 0. The van der Waals surface area contributed by atoms with Crippen molar-refractivity contribution in [3.05, 3.63) is 58.9 Å².